The van der Waals surface area contributed by atoms with Crippen LogP contribution in [0.2, 0.25) is 0 Å². The highest BCUT2D eigenvalue weighted by molar-refractivity contribution is 6.00. The summed E-state index contributed by atoms with van der Waals surface area (Å²) >= 11 is 0. The van der Waals surface area contributed by atoms with Gasteiger partial charge in [0.05, 0.1) is 6.61 Å². The van der Waals surface area contributed by atoms with E-state index in [4.69, 9.17) is 9.47 Å². The van der Waals surface area contributed by atoms with E-state index in [1.54, 1.807) is 7.11 Å². The van der Waals surface area contributed by atoms with E-state index >= 15 is 0 Å². The van der Waals surface area contributed by atoms with E-state index in [9.17, 15) is 4.79 Å². The number of carbonyl (C=O) groups is 1. The molecule has 0 fully saturated rings. The minimum absolute atomic E-state index is 0.0881. The van der Waals surface area contributed by atoms with Crippen LogP contribution in [-0.4, -0.2) is 26.2 Å². The van der Waals surface area contributed by atoms with Crippen molar-refractivity contribution in [2.75, 3.05) is 20.3 Å². The maximum absolute atomic E-state index is 12.7. The molecule has 4 nitrogen and oxygen atoms in total. The van der Waals surface area contributed by atoms with E-state index in [1.807, 2.05) is 78.9 Å². The molecular formula is C23H23NO3. The molecule has 0 saturated heterocycles. The maximum Gasteiger partial charge on any atom is 0.252 e. The lowest BCUT2D eigenvalue weighted by atomic mass is 9.99. The van der Waals surface area contributed by atoms with Gasteiger partial charge in [-0.1, -0.05) is 60.7 Å². The topological polar surface area (TPSA) is 47.6 Å². The van der Waals surface area contributed by atoms with Crippen molar-refractivity contribution in [1.82, 2.24) is 5.32 Å². The molecule has 27 heavy (non-hydrogen) atoms. The number of methoxy groups -OCH3 is 1. The highest BCUT2D eigenvalue weighted by Crippen LogP contribution is 2.23. The molecule has 0 aromatic heterocycles. The zero-order valence-electron chi connectivity index (χ0n) is 15.4. The van der Waals surface area contributed by atoms with Gasteiger partial charge in [-0.25, -0.2) is 0 Å². The van der Waals surface area contributed by atoms with Crippen molar-refractivity contribution in [3.8, 4) is 16.9 Å². The normalized spacial score (nSPS) is 10.4. The molecule has 3 aromatic carbocycles. The molecule has 4 heteroatoms. The molecule has 3 aromatic rings. The summed E-state index contributed by atoms with van der Waals surface area (Å²) in [6, 6.07) is 25.3. The lowest BCUT2D eigenvalue weighted by molar-refractivity contribution is 0.0951. The fraction of sp³-hybridized carbons (Fsp3) is 0.174. The monoisotopic (exact) mass is 361 g/mol. The quantitative estimate of drug-likeness (QED) is 0.608. The molecule has 0 spiro atoms. The van der Waals surface area contributed by atoms with E-state index in [-0.39, 0.29) is 5.91 Å². The summed E-state index contributed by atoms with van der Waals surface area (Å²) in [7, 11) is 1.64. The van der Waals surface area contributed by atoms with Gasteiger partial charge in [0.1, 0.15) is 12.4 Å². The first-order chi connectivity index (χ1) is 13.3. The first kappa shape index (κ1) is 18.7. The molecule has 3 rings (SSSR count). The number of nitrogens with one attached hydrogen (secondary N) is 1. The number of hydrogen-bond acceptors (Lipinski definition) is 3. The molecule has 0 saturated carbocycles. The van der Waals surface area contributed by atoms with E-state index in [0.717, 1.165) is 22.4 Å². The van der Waals surface area contributed by atoms with Gasteiger partial charge in [0, 0.05) is 19.2 Å². The summed E-state index contributed by atoms with van der Waals surface area (Å²) in [6.07, 6.45) is 0. The Hall–Kier alpha value is -3.11. The molecule has 0 aliphatic carbocycles. The maximum atomic E-state index is 12.7. The SMILES string of the molecule is COCCOc1ccc(CNC(=O)c2ccccc2-c2ccccc2)cc1. The average Bonchev–Trinajstić information content (AvgIpc) is 2.74. The first-order valence-corrected chi connectivity index (χ1v) is 8.91. The van der Waals surface area contributed by atoms with Crippen molar-refractivity contribution in [2.24, 2.45) is 0 Å². The zero-order chi connectivity index (χ0) is 18.9. The van der Waals surface area contributed by atoms with Crippen molar-refractivity contribution in [2.45, 2.75) is 6.54 Å². The lowest BCUT2D eigenvalue weighted by Gasteiger charge is -2.11. The van der Waals surface area contributed by atoms with Gasteiger partial charge in [0.25, 0.3) is 5.91 Å². The number of rotatable bonds is 8. The fourth-order valence-electron chi connectivity index (χ4n) is 2.77. The summed E-state index contributed by atoms with van der Waals surface area (Å²) < 4.78 is 10.5. The highest BCUT2D eigenvalue weighted by Gasteiger charge is 2.11. The standard InChI is InChI=1S/C23H23NO3/c1-26-15-16-27-20-13-11-18(12-14-20)17-24-23(25)22-10-6-5-9-21(22)19-7-3-2-4-8-19/h2-14H,15-17H2,1H3,(H,24,25). The fourth-order valence-corrected chi connectivity index (χ4v) is 2.77. The molecule has 0 heterocycles. The minimum Gasteiger partial charge on any atom is -0.491 e. The molecule has 1 N–H and O–H groups in total. The average molecular weight is 361 g/mol. The van der Waals surface area contributed by atoms with Crippen molar-refractivity contribution in [3.05, 3.63) is 90.0 Å². The molecule has 0 aliphatic heterocycles. The number of carbonyl (C=O) groups excluding carboxylic acids is 1. The zero-order valence-corrected chi connectivity index (χ0v) is 15.4. The van der Waals surface area contributed by atoms with Crippen LogP contribution < -0.4 is 10.1 Å². The van der Waals surface area contributed by atoms with Crippen LogP contribution in [0.1, 0.15) is 15.9 Å². The Kier molecular flexibility index (Phi) is 6.61. The Balaban J connectivity index is 1.63. The van der Waals surface area contributed by atoms with Crippen molar-refractivity contribution in [1.29, 1.82) is 0 Å². The second kappa shape index (κ2) is 9.55. The van der Waals surface area contributed by atoms with Crippen LogP contribution in [0.3, 0.4) is 0 Å². The van der Waals surface area contributed by atoms with Crippen LogP contribution >= 0.6 is 0 Å². The van der Waals surface area contributed by atoms with Gasteiger partial charge in [0.15, 0.2) is 0 Å². The Bertz CT molecular complexity index is 860. The third-order valence-corrected chi connectivity index (χ3v) is 4.19. The summed E-state index contributed by atoms with van der Waals surface area (Å²) in [6.45, 7) is 1.53. The number of ether oxygens (including phenoxy) is 2. The van der Waals surface area contributed by atoms with Crippen LogP contribution in [-0.2, 0) is 11.3 Å². The second-order valence-corrected chi connectivity index (χ2v) is 6.08. The predicted molar refractivity (Wildman–Crippen MR) is 107 cm³/mol. The number of benzene rings is 3. The molecular weight excluding hydrogens is 338 g/mol. The van der Waals surface area contributed by atoms with Gasteiger partial charge in [-0.15, -0.1) is 0 Å². The molecule has 1 amide bonds. The van der Waals surface area contributed by atoms with Crippen molar-refractivity contribution in [3.63, 3.8) is 0 Å². The van der Waals surface area contributed by atoms with Gasteiger partial charge < -0.3 is 14.8 Å². The van der Waals surface area contributed by atoms with Gasteiger partial charge in [-0.3, -0.25) is 4.79 Å². The van der Waals surface area contributed by atoms with Gasteiger partial charge in [-0.2, -0.15) is 0 Å². The highest BCUT2D eigenvalue weighted by atomic mass is 16.5. The Labute approximate surface area is 159 Å². The number of amides is 1. The molecule has 0 radical (unpaired) electrons. The molecule has 0 unspecified atom stereocenters. The van der Waals surface area contributed by atoms with Gasteiger partial charge in [-0.05, 0) is 34.9 Å². The smallest absolute Gasteiger partial charge is 0.252 e. The van der Waals surface area contributed by atoms with Crippen LogP contribution in [0.5, 0.6) is 5.75 Å². The van der Waals surface area contributed by atoms with E-state index in [2.05, 4.69) is 5.32 Å². The number of hydrogen-bond donors (Lipinski definition) is 1. The molecule has 0 aliphatic rings. The molecule has 0 bridgehead atoms. The summed E-state index contributed by atoms with van der Waals surface area (Å²) in [5, 5.41) is 3.00. The predicted octanol–water partition coefficient (Wildman–Crippen LogP) is 4.31. The van der Waals surface area contributed by atoms with E-state index in [1.165, 1.54) is 0 Å². The summed E-state index contributed by atoms with van der Waals surface area (Å²) in [4.78, 5) is 12.7. The summed E-state index contributed by atoms with van der Waals surface area (Å²) in [5.74, 6) is 0.700. The van der Waals surface area contributed by atoms with Crippen LogP contribution in [0.4, 0.5) is 0 Å². The van der Waals surface area contributed by atoms with Gasteiger partial charge >= 0.3 is 0 Å². The van der Waals surface area contributed by atoms with E-state index in [0.29, 0.717) is 25.3 Å². The largest absolute Gasteiger partial charge is 0.491 e. The Morgan fingerprint density at radius 3 is 2.30 bits per heavy atom. The van der Waals surface area contributed by atoms with Crippen molar-refractivity contribution >= 4 is 5.91 Å². The molecule has 138 valence electrons. The minimum atomic E-state index is -0.0881. The summed E-state index contributed by atoms with van der Waals surface area (Å²) in [5.41, 5.74) is 3.64. The Morgan fingerprint density at radius 2 is 1.56 bits per heavy atom. The molecule has 0 atom stereocenters. The van der Waals surface area contributed by atoms with Gasteiger partial charge in [0.2, 0.25) is 0 Å². The third-order valence-electron chi connectivity index (χ3n) is 4.19. The first-order valence-electron chi connectivity index (χ1n) is 8.91. The third kappa shape index (κ3) is 5.19. The van der Waals surface area contributed by atoms with Crippen LogP contribution in [0.25, 0.3) is 11.1 Å². The Morgan fingerprint density at radius 1 is 0.852 bits per heavy atom. The second-order valence-electron chi connectivity index (χ2n) is 6.08. The lowest BCUT2D eigenvalue weighted by Crippen LogP contribution is -2.23. The van der Waals surface area contributed by atoms with Crippen LogP contribution in [0.15, 0.2) is 78.9 Å². The van der Waals surface area contributed by atoms with E-state index < -0.39 is 0 Å². The van der Waals surface area contributed by atoms with Crippen LogP contribution in [0, 0.1) is 0 Å². The van der Waals surface area contributed by atoms with Crippen molar-refractivity contribution < 1.29 is 14.3 Å².